The third-order valence-electron chi connectivity index (χ3n) is 3.45. The van der Waals surface area contributed by atoms with Crippen molar-refractivity contribution in [2.75, 3.05) is 11.1 Å². The number of anilines is 2. The van der Waals surface area contributed by atoms with Crippen molar-refractivity contribution in [3.63, 3.8) is 0 Å². The monoisotopic (exact) mass is 360 g/mol. The summed E-state index contributed by atoms with van der Waals surface area (Å²) in [6.07, 6.45) is -1.03. The normalized spacial score (nSPS) is 11.5. The number of nitrogen functional groups attached to an aromatic ring is 1. The van der Waals surface area contributed by atoms with Crippen LogP contribution in [0.15, 0.2) is 42.5 Å². The Hall–Kier alpha value is -2.86. The molecule has 2 aromatic rings. The van der Waals surface area contributed by atoms with Crippen LogP contribution in [-0.4, -0.2) is 23.8 Å². The molecule has 0 aromatic heterocycles. The molecule has 0 fully saturated rings. The molecule has 3 N–H and O–H groups in total. The summed E-state index contributed by atoms with van der Waals surface area (Å²) in [7, 11) is 0. The Morgan fingerprint density at radius 2 is 1.76 bits per heavy atom. The molecule has 1 atom stereocenters. The van der Waals surface area contributed by atoms with Crippen LogP contribution in [0, 0.1) is 0 Å². The van der Waals surface area contributed by atoms with Gasteiger partial charge in [-0.05, 0) is 56.3 Å². The Morgan fingerprint density at radius 1 is 1.12 bits per heavy atom. The van der Waals surface area contributed by atoms with E-state index in [1.807, 2.05) is 0 Å². The summed E-state index contributed by atoms with van der Waals surface area (Å²) in [5.74, 6) is -1.29. The minimum atomic E-state index is -1.03. The summed E-state index contributed by atoms with van der Waals surface area (Å²) >= 11 is 5.78. The van der Waals surface area contributed by atoms with Crippen LogP contribution in [-0.2, 0) is 9.53 Å². The van der Waals surface area contributed by atoms with Gasteiger partial charge in [-0.25, -0.2) is 4.79 Å². The minimum absolute atomic E-state index is 0.0688. The maximum Gasteiger partial charge on any atom is 0.341 e. The topological polar surface area (TPSA) is 98.5 Å². The number of rotatable bonds is 5. The molecule has 25 heavy (non-hydrogen) atoms. The first-order valence-corrected chi connectivity index (χ1v) is 7.83. The maximum absolute atomic E-state index is 12.1. The number of ketones is 1. The number of amides is 1. The van der Waals surface area contributed by atoms with E-state index in [9.17, 15) is 14.4 Å². The number of esters is 1. The number of Topliss-reactive ketones (excluding diaryl/α,β-unsaturated/α-hetero) is 1. The maximum atomic E-state index is 12.1. The molecule has 2 rings (SSSR count). The van der Waals surface area contributed by atoms with Crippen LogP contribution >= 0.6 is 11.6 Å². The average molecular weight is 361 g/mol. The van der Waals surface area contributed by atoms with Crippen molar-refractivity contribution in [1.82, 2.24) is 0 Å². The number of hydrogen-bond donors (Lipinski definition) is 2. The van der Waals surface area contributed by atoms with E-state index in [4.69, 9.17) is 22.1 Å². The van der Waals surface area contributed by atoms with Crippen LogP contribution in [0.5, 0.6) is 0 Å². The van der Waals surface area contributed by atoms with Gasteiger partial charge in [0.15, 0.2) is 11.9 Å². The van der Waals surface area contributed by atoms with Crippen molar-refractivity contribution in [3.8, 4) is 0 Å². The largest absolute Gasteiger partial charge is 0.449 e. The fraction of sp³-hybridized carbons (Fsp3) is 0.167. The summed E-state index contributed by atoms with van der Waals surface area (Å²) in [5, 5.41) is 3.01. The molecule has 0 spiro atoms. The first-order valence-electron chi connectivity index (χ1n) is 7.46. The van der Waals surface area contributed by atoms with E-state index in [1.165, 1.54) is 32.0 Å². The smallest absolute Gasteiger partial charge is 0.341 e. The first kappa shape index (κ1) is 18.5. The third kappa shape index (κ3) is 4.81. The lowest BCUT2D eigenvalue weighted by atomic mass is 10.1. The van der Waals surface area contributed by atoms with Gasteiger partial charge >= 0.3 is 5.97 Å². The van der Waals surface area contributed by atoms with E-state index >= 15 is 0 Å². The van der Waals surface area contributed by atoms with E-state index in [0.717, 1.165) is 0 Å². The average Bonchev–Trinajstić information content (AvgIpc) is 2.55. The molecule has 2 aromatic carbocycles. The Morgan fingerprint density at radius 3 is 2.32 bits per heavy atom. The Kier molecular flexibility index (Phi) is 5.77. The molecule has 0 saturated carbocycles. The number of ether oxygens (including phenoxy) is 1. The molecule has 0 bridgehead atoms. The van der Waals surface area contributed by atoms with Gasteiger partial charge in [-0.1, -0.05) is 11.6 Å². The molecule has 0 heterocycles. The van der Waals surface area contributed by atoms with E-state index in [0.29, 0.717) is 16.3 Å². The standard InChI is InChI=1S/C18H17ClN2O4/c1-10(22)12-3-6-14(7-4-12)21-17(23)11(2)25-18(24)15-8-5-13(19)9-16(15)20/h3-9,11H,20H2,1-2H3,(H,21,23)/t11-/m0/s1. The zero-order valence-corrected chi connectivity index (χ0v) is 14.5. The highest BCUT2D eigenvalue weighted by atomic mass is 35.5. The summed E-state index contributed by atoms with van der Waals surface area (Å²) < 4.78 is 5.12. The Labute approximate surface area is 149 Å². The first-order chi connectivity index (χ1) is 11.8. The highest BCUT2D eigenvalue weighted by Crippen LogP contribution is 2.19. The second kappa shape index (κ2) is 7.81. The predicted octanol–water partition coefficient (Wildman–Crippen LogP) is 3.31. The van der Waals surface area contributed by atoms with Gasteiger partial charge in [0.05, 0.1) is 5.56 Å². The molecule has 0 radical (unpaired) electrons. The van der Waals surface area contributed by atoms with Gasteiger partial charge in [-0.2, -0.15) is 0 Å². The lowest BCUT2D eigenvalue weighted by Gasteiger charge is -2.14. The molecule has 0 aliphatic carbocycles. The minimum Gasteiger partial charge on any atom is -0.449 e. The summed E-state index contributed by atoms with van der Waals surface area (Å²) in [6.45, 7) is 2.90. The molecular formula is C18H17ClN2O4. The molecule has 0 unspecified atom stereocenters. The lowest BCUT2D eigenvalue weighted by Crippen LogP contribution is -2.30. The Balaban J connectivity index is 1.99. The number of halogens is 1. The van der Waals surface area contributed by atoms with Crippen LogP contribution in [0.2, 0.25) is 5.02 Å². The molecule has 1 amide bonds. The highest BCUT2D eigenvalue weighted by Gasteiger charge is 2.20. The van der Waals surface area contributed by atoms with Crippen LogP contribution in [0.3, 0.4) is 0 Å². The van der Waals surface area contributed by atoms with Crippen LogP contribution in [0.25, 0.3) is 0 Å². The van der Waals surface area contributed by atoms with Crippen molar-refractivity contribution in [1.29, 1.82) is 0 Å². The zero-order chi connectivity index (χ0) is 18.6. The van der Waals surface area contributed by atoms with E-state index < -0.39 is 18.0 Å². The summed E-state index contributed by atoms with van der Waals surface area (Å²) in [5.41, 5.74) is 7.06. The third-order valence-corrected chi connectivity index (χ3v) is 3.68. The second-order valence-electron chi connectivity index (χ2n) is 5.40. The fourth-order valence-electron chi connectivity index (χ4n) is 2.03. The Bertz CT molecular complexity index is 818. The van der Waals surface area contributed by atoms with Gasteiger partial charge in [0, 0.05) is 22.0 Å². The van der Waals surface area contributed by atoms with Gasteiger partial charge in [0.1, 0.15) is 0 Å². The number of nitrogens with one attached hydrogen (secondary N) is 1. The predicted molar refractivity (Wildman–Crippen MR) is 95.8 cm³/mol. The zero-order valence-electron chi connectivity index (χ0n) is 13.7. The molecule has 0 saturated heterocycles. The molecule has 130 valence electrons. The van der Waals surface area contributed by atoms with Crippen molar-refractivity contribution < 1.29 is 19.1 Å². The highest BCUT2D eigenvalue weighted by molar-refractivity contribution is 6.31. The molecule has 0 aliphatic rings. The number of carbonyl (C=O) groups excluding carboxylic acids is 3. The second-order valence-corrected chi connectivity index (χ2v) is 5.84. The summed E-state index contributed by atoms with van der Waals surface area (Å²) in [4.78, 5) is 35.5. The SMILES string of the molecule is CC(=O)c1ccc(NC(=O)[C@H](C)OC(=O)c2ccc(Cl)cc2N)cc1. The van der Waals surface area contributed by atoms with Crippen LogP contribution < -0.4 is 11.1 Å². The number of nitrogens with two attached hydrogens (primary N) is 1. The van der Waals surface area contributed by atoms with Gasteiger partial charge in [0.2, 0.25) is 0 Å². The van der Waals surface area contributed by atoms with Crippen molar-refractivity contribution in [3.05, 3.63) is 58.6 Å². The van der Waals surface area contributed by atoms with Crippen molar-refractivity contribution in [2.24, 2.45) is 0 Å². The van der Waals surface area contributed by atoms with E-state index in [2.05, 4.69) is 5.32 Å². The molecule has 7 heteroatoms. The van der Waals surface area contributed by atoms with Gasteiger partial charge in [-0.15, -0.1) is 0 Å². The van der Waals surface area contributed by atoms with Gasteiger partial charge < -0.3 is 15.8 Å². The number of carbonyl (C=O) groups is 3. The van der Waals surface area contributed by atoms with Crippen molar-refractivity contribution in [2.45, 2.75) is 20.0 Å². The number of hydrogen-bond acceptors (Lipinski definition) is 5. The molecular weight excluding hydrogens is 344 g/mol. The van der Waals surface area contributed by atoms with Crippen LogP contribution in [0.4, 0.5) is 11.4 Å². The van der Waals surface area contributed by atoms with E-state index in [1.54, 1.807) is 24.3 Å². The molecule has 6 nitrogen and oxygen atoms in total. The molecule has 0 aliphatic heterocycles. The van der Waals surface area contributed by atoms with Gasteiger partial charge in [0.25, 0.3) is 5.91 Å². The van der Waals surface area contributed by atoms with E-state index in [-0.39, 0.29) is 17.0 Å². The quantitative estimate of drug-likeness (QED) is 0.484. The van der Waals surface area contributed by atoms with Crippen LogP contribution in [0.1, 0.15) is 34.6 Å². The number of benzene rings is 2. The summed E-state index contributed by atoms with van der Waals surface area (Å²) in [6, 6.07) is 10.8. The van der Waals surface area contributed by atoms with Crippen molar-refractivity contribution >= 4 is 40.6 Å². The fourth-order valence-corrected chi connectivity index (χ4v) is 2.21. The lowest BCUT2D eigenvalue weighted by molar-refractivity contribution is -0.123. The van der Waals surface area contributed by atoms with Gasteiger partial charge in [-0.3, -0.25) is 9.59 Å².